The summed E-state index contributed by atoms with van der Waals surface area (Å²) in [5, 5.41) is 0. The van der Waals surface area contributed by atoms with E-state index in [0.29, 0.717) is 19.4 Å². The number of esters is 1. The summed E-state index contributed by atoms with van der Waals surface area (Å²) in [6.45, 7) is 6.31. The fraction of sp³-hybridized carbons (Fsp3) is 0.875. The number of hydrogen-bond donors (Lipinski definition) is 0. The molecule has 1 atom stereocenters. The lowest BCUT2D eigenvalue weighted by Crippen LogP contribution is -2.14. The lowest BCUT2D eigenvalue weighted by molar-refractivity contribution is -0.145. The fourth-order valence-electron chi connectivity index (χ4n) is 2.13. The summed E-state index contributed by atoms with van der Waals surface area (Å²) in [5.74, 6) is 0.145. The van der Waals surface area contributed by atoms with Crippen molar-refractivity contribution in [3.05, 3.63) is 0 Å². The molecule has 3 heteroatoms. The van der Waals surface area contributed by atoms with Crippen LogP contribution in [0, 0.1) is 5.92 Å². The van der Waals surface area contributed by atoms with Gasteiger partial charge in [0.25, 0.3) is 0 Å². The monoisotopic (exact) mass is 270 g/mol. The predicted octanol–water partition coefficient (Wildman–Crippen LogP) is 4.29. The van der Waals surface area contributed by atoms with Gasteiger partial charge in [-0.25, -0.2) is 0 Å². The van der Waals surface area contributed by atoms with Crippen LogP contribution < -0.4 is 0 Å². The highest BCUT2D eigenvalue weighted by Gasteiger charge is 2.14. The second kappa shape index (κ2) is 12.2. The molecule has 0 amide bonds. The van der Waals surface area contributed by atoms with Gasteiger partial charge in [0.15, 0.2) is 0 Å². The maximum atomic E-state index is 11.6. The molecule has 19 heavy (non-hydrogen) atoms. The van der Waals surface area contributed by atoms with E-state index in [1.54, 1.807) is 6.92 Å². The third kappa shape index (κ3) is 11.9. The maximum Gasteiger partial charge on any atom is 0.306 e. The third-order valence-electron chi connectivity index (χ3n) is 3.37. The smallest absolute Gasteiger partial charge is 0.306 e. The molecule has 0 radical (unpaired) electrons. The van der Waals surface area contributed by atoms with Gasteiger partial charge in [0.05, 0.1) is 6.61 Å². The molecule has 0 rings (SSSR count). The Bertz CT molecular complexity index is 248. The number of rotatable bonds is 12. The summed E-state index contributed by atoms with van der Waals surface area (Å²) < 4.78 is 5.21. The van der Waals surface area contributed by atoms with Gasteiger partial charge in [-0.1, -0.05) is 52.4 Å². The average Bonchev–Trinajstić information content (AvgIpc) is 2.36. The van der Waals surface area contributed by atoms with Gasteiger partial charge >= 0.3 is 5.97 Å². The highest BCUT2D eigenvalue weighted by Crippen LogP contribution is 2.14. The van der Waals surface area contributed by atoms with Gasteiger partial charge in [-0.3, -0.25) is 4.79 Å². The fourth-order valence-corrected chi connectivity index (χ4v) is 2.13. The molecule has 0 aliphatic rings. The van der Waals surface area contributed by atoms with E-state index in [9.17, 15) is 9.59 Å². The lowest BCUT2D eigenvalue weighted by atomic mass is 9.97. The van der Waals surface area contributed by atoms with Crippen molar-refractivity contribution in [2.75, 3.05) is 6.61 Å². The molecule has 1 unspecified atom stereocenters. The Labute approximate surface area is 118 Å². The van der Waals surface area contributed by atoms with Crippen LogP contribution in [0.2, 0.25) is 0 Å². The van der Waals surface area contributed by atoms with Crippen molar-refractivity contribution >= 4 is 11.8 Å². The van der Waals surface area contributed by atoms with E-state index in [-0.39, 0.29) is 17.7 Å². The van der Waals surface area contributed by atoms with Crippen molar-refractivity contribution in [2.24, 2.45) is 5.92 Å². The number of Topliss-reactive ketones (excluding diaryl/α,β-unsaturated/α-hetero) is 1. The van der Waals surface area contributed by atoms with Crippen LogP contribution in [0.25, 0.3) is 0 Å². The van der Waals surface area contributed by atoms with Crippen molar-refractivity contribution in [1.82, 2.24) is 0 Å². The van der Waals surface area contributed by atoms with E-state index < -0.39 is 0 Å². The van der Waals surface area contributed by atoms with Crippen LogP contribution in [0.15, 0.2) is 0 Å². The van der Waals surface area contributed by atoms with E-state index in [1.807, 2.05) is 6.92 Å². The van der Waals surface area contributed by atoms with E-state index in [1.165, 1.54) is 25.7 Å². The lowest BCUT2D eigenvalue weighted by Gasteiger charge is -2.12. The Morgan fingerprint density at radius 3 is 2.16 bits per heavy atom. The minimum atomic E-state index is -0.151. The Morgan fingerprint density at radius 1 is 0.947 bits per heavy atom. The first-order chi connectivity index (χ1) is 9.10. The zero-order valence-corrected chi connectivity index (χ0v) is 12.9. The van der Waals surface area contributed by atoms with Crippen molar-refractivity contribution in [2.45, 2.75) is 78.6 Å². The van der Waals surface area contributed by atoms with E-state index in [0.717, 1.165) is 19.3 Å². The van der Waals surface area contributed by atoms with Crippen molar-refractivity contribution in [3.63, 3.8) is 0 Å². The molecule has 0 aromatic heterocycles. The molecule has 0 bridgehead atoms. The third-order valence-corrected chi connectivity index (χ3v) is 3.37. The molecule has 0 N–H and O–H groups in total. The molecule has 0 fully saturated rings. The van der Waals surface area contributed by atoms with E-state index >= 15 is 0 Å². The number of unbranched alkanes of at least 4 members (excludes halogenated alkanes) is 5. The van der Waals surface area contributed by atoms with E-state index in [4.69, 9.17) is 4.74 Å². The predicted molar refractivity (Wildman–Crippen MR) is 78.0 cm³/mol. The molecular formula is C16H30O3. The van der Waals surface area contributed by atoms with Crippen LogP contribution in [-0.4, -0.2) is 18.4 Å². The van der Waals surface area contributed by atoms with Gasteiger partial charge in [0, 0.05) is 12.8 Å². The van der Waals surface area contributed by atoms with Crippen LogP contribution >= 0.6 is 0 Å². The first kappa shape index (κ1) is 18.1. The topological polar surface area (TPSA) is 43.4 Å². The molecule has 0 spiro atoms. The number of carbonyl (C=O) groups is 2. The van der Waals surface area contributed by atoms with Crippen LogP contribution in [0.5, 0.6) is 0 Å². The second-order valence-corrected chi connectivity index (χ2v) is 5.37. The van der Waals surface area contributed by atoms with Gasteiger partial charge in [-0.15, -0.1) is 0 Å². The van der Waals surface area contributed by atoms with Crippen LogP contribution in [-0.2, 0) is 14.3 Å². The van der Waals surface area contributed by atoms with Crippen LogP contribution in [0.1, 0.15) is 78.6 Å². The molecule has 0 aromatic carbocycles. The first-order valence-corrected chi connectivity index (χ1v) is 7.75. The van der Waals surface area contributed by atoms with Crippen molar-refractivity contribution in [1.29, 1.82) is 0 Å². The highest BCUT2D eigenvalue weighted by molar-refractivity contribution is 5.77. The Kier molecular flexibility index (Phi) is 11.6. The minimum absolute atomic E-state index is 0.148. The molecule has 0 saturated heterocycles. The highest BCUT2D eigenvalue weighted by atomic mass is 16.5. The molecule has 0 heterocycles. The van der Waals surface area contributed by atoms with Gasteiger partial charge in [-0.2, -0.15) is 0 Å². The van der Waals surface area contributed by atoms with Crippen molar-refractivity contribution in [3.8, 4) is 0 Å². The summed E-state index contributed by atoms with van der Waals surface area (Å²) in [4.78, 5) is 22.6. The van der Waals surface area contributed by atoms with Crippen LogP contribution in [0.4, 0.5) is 0 Å². The molecule has 0 aliphatic heterocycles. The minimum Gasteiger partial charge on any atom is -0.466 e. The SMILES string of the molecule is CCCCCCCCOC(=O)CC(CC)CC(C)=O. The molecule has 3 nitrogen and oxygen atoms in total. The maximum absolute atomic E-state index is 11.6. The number of hydrogen-bond acceptors (Lipinski definition) is 3. The molecule has 0 aromatic rings. The molecule has 0 aliphatic carbocycles. The first-order valence-electron chi connectivity index (χ1n) is 7.75. The van der Waals surface area contributed by atoms with Crippen molar-refractivity contribution < 1.29 is 14.3 Å². The Balaban J connectivity index is 3.54. The Hall–Kier alpha value is -0.860. The number of ether oxygens (including phenoxy) is 1. The van der Waals surface area contributed by atoms with Crippen LogP contribution in [0.3, 0.4) is 0 Å². The number of ketones is 1. The molecular weight excluding hydrogens is 240 g/mol. The van der Waals surface area contributed by atoms with Gasteiger partial charge in [0.2, 0.25) is 0 Å². The second-order valence-electron chi connectivity index (χ2n) is 5.37. The van der Waals surface area contributed by atoms with E-state index in [2.05, 4.69) is 6.92 Å². The van der Waals surface area contributed by atoms with Gasteiger partial charge in [-0.05, 0) is 19.3 Å². The summed E-state index contributed by atoms with van der Waals surface area (Å²) in [7, 11) is 0. The zero-order valence-electron chi connectivity index (χ0n) is 12.9. The Morgan fingerprint density at radius 2 is 1.58 bits per heavy atom. The largest absolute Gasteiger partial charge is 0.466 e. The normalized spacial score (nSPS) is 12.2. The number of carbonyl (C=O) groups excluding carboxylic acids is 2. The summed E-state index contributed by atoms with van der Waals surface area (Å²) in [6, 6.07) is 0. The quantitative estimate of drug-likeness (QED) is 0.392. The summed E-state index contributed by atoms with van der Waals surface area (Å²) in [5.41, 5.74) is 0. The van der Waals surface area contributed by atoms with Gasteiger partial charge in [0.1, 0.15) is 5.78 Å². The van der Waals surface area contributed by atoms with Gasteiger partial charge < -0.3 is 9.53 Å². The standard InChI is InChI=1S/C16H30O3/c1-4-6-7-8-9-10-11-19-16(18)13-15(5-2)12-14(3)17/h15H,4-13H2,1-3H3. The average molecular weight is 270 g/mol. The molecule has 112 valence electrons. The zero-order chi connectivity index (χ0) is 14.5. The molecule has 0 saturated carbocycles. The summed E-state index contributed by atoms with van der Waals surface area (Å²) >= 11 is 0. The summed E-state index contributed by atoms with van der Waals surface area (Å²) in [6.07, 6.45) is 8.87.